The summed E-state index contributed by atoms with van der Waals surface area (Å²) in [5.41, 5.74) is 4.67. The highest BCUT2D eigenvalue weighted by molar-refractivity contribution is 5.39. The average Bonchev–Trinajstić information content (AvgIpc) is 2.83. The van der Waals surface area contributed by atoms with E-state index in [2.05, 4.69) is 20.3 Å². The van der Waals surface area contributed by atoms with Crippen LogP contribution in [0.1, 0.15) is 22.8 Å². The Bertz CT molecular complexity index is 808. The molecule has 3 aromatic rings. The van der Waals surface area contributed by atoms with E-state index in [1.807, 2.05) is 62.7 Å². The third-order valence-corrected chi connectivity index (χ3v) is 3.37. The summed E-state index contributed by atoms with van der Waals surface area (Å²) in [6, 6.07) is 9.92. The van der Waals surface area contributed by atoms with Gasteiger partial charge in [-0.3, -0.25) is 0 Å². The number of rotatable bonds is 3. The fourth-order valence-corrected chi connectivity index (χ4v) is 2.13. The predicted molar refractivity (Wildman–Crippen MR) is 82.4 cm³/mol. The predicted octanol–water partition coefficient (Wildman–Crippen LogP) is 3.08. The van der Waals surface area contributed by atoms with Crippen molar-refractivity contribution in [2.45, 2.75) is 27.7 Å². The Labute approximate surface area is 128 Å². The summed E-state index contributed by atoms with van der Waals surface area (Å²) in [5.74, 6) is 0.662. The van der Waals surface area contributed by atoms with Gasteiger partial charge in [-0.15, -0.1) is 5.10 Å². The van der Waals surface area contributed by atoms with Gasteiger partial charge in [-0.2, -0.15) is 10.1 Å². The van der Waals surface area contributed by atoms with Gasteiger partial charge in [0.1, 0.15) is 5.75 Å². The molecule has 2 heterocycles. The molecule has 112 valence electrons. The van der Waals surface area contributed by atoms with Crippen molar-refractivity contribution in [2.75, 3.05) is 0 Å². The molecular weight excluding hydrogens is 278 g/mol. The van der Waals surface area contributed by atoms with Crippen molar-refractivity contribution in [1.29, 1.82) is 0 Å². The summed E-state index contributed by atoms with van der Waals surface area (Å²) >= 11 is 0. The van der Waals surface area contributed by atoms with Crippen LogP contribution in [0, 0.1) is 27.7 Å². The third kappa shape index (κ3) is 2.81. The Kier molecular flexibility index (Phi) is 3.58. The van der Waals surface area contributed by atoms with Crippen molar-refractivity contribution in [3.63, 3.8) is 0 Å². The Morgan fingerprint density at radius 3 is 2.23 bits per heavy atom. The minimum Gasteiger partial charge on any atom is -0.423 e. The van der Waals surface area contributed by atoms with E-state index < -0.39 is 0 Å². The highest BCUT2D eigenvalue weighted by Gasteiger charge is 2.06. The van der Waals surface area contributed by atoms with Gasteiger partial charge in [-0.1, -0.05) is 5.10 Å². The summed E-state index contributed by atoms with van der Waals surface area (Å²) in [6.07, 6.45) is 0. The number of ether oxygens (including phenoxy) is 1. The van der Waals surface area contributed by atoms with Gasteiger partial charge in [0.25, 0.3) is 0 Å². The summed E-state index contributed by atoms with van der Waals surface area (Å²) in [7, 11) is 0. The molecule has 3 rings (SSSR count). The molecule has 0 saturated carbocycles. The first-order valence-electron chi connectivity index (χ1n) is 7.02. The number of aryl methyl sites for hydroxylation is 4. The minimum absolute atomic E-state index is 0.252. The van der Waals surface area contributed by atoms with Crippen molar-refractivity contribution in [3.8, 4) is 17.4 Å². The Hall–Kier alpha value is -2.76. The maximum Gasteiger partial charge on any atom is 0.341 e. The second kappa shape index (κ2) is 5.55. The maximum atomic E-state index is 5.63. The first-order valence-corrected chi connectivity index (χ1v) is 7.02. The van der Waals surface area contributed by atoms with Crippen LogP contribution in [-0.2, 0) is 0 Å². The lowest BCUT2D eigenvalue weighted by Crippen LogP contribution is -2.00. The quantitative estimate of drug-likeness (QED) is 0.743. The van der Waals surface area contributed by atoms with Crippen LogP contribution in [0.5, 0.6) is 11.8 Å². The lowest BCUT2D eigenvalue weighted by molar-refractivity contribution is 0.430. The molecule has 0 aliphatic carbocycles. The zero-order chi connectivity index (χ0) is 15.7. The van der Waals surface area contributed by atoms with Crippen LogP contribution in [0.3, 0.4) is 0 Å². The topological polar surface area (TPSA) is 65.7 Å². The summed E-state index contributed by atoms with van der Waals surface area (Å²) in [4.78, 5) is 4.25. The molecule has 0 amide bonds. The second-order valence-electron chi connectivity index (χ2n) is 5.20. The van der Waals surface area contributed by atoms with Crippen LogP contribution in [0.2, 0.25) is 0 Å². The monoisotopic (exact) mass is 295 g/mol. The van der Waals surface area contributed by atoms with E-state index in [9.17, 15) is 0 Å². The molecule has 0 radical (unpaired) electrons. The van der Waals surface area contributed by atoms with Gasteiger partial charge in [-0.05, 0) is 58.0 Å². The fraction of sp³-hybridized carbons (Fsp3) is 0.250. The van der Waals surface area contributed by atoms with E-state index in [1.165, 1.54) is 0 Å². The van der Waals surface area contributed by atoms with E-state index in [0.717, 1.165) is 28.5 Å². The SMILES string of the molecule is Cc1cc(C)n(-c2ccc(Oc3nnc(C)c(C)n3)cc2)n1. The number of nitrogens with zero attached hydrogens (tertiary/aromatic N) is 5. The first-order chi connectivity index (χ1) is 10.5. The van der Waals surface area contributed by atoms with Crippen LogP contribution in [-0.4, -0.2) is 25.0 Å². The van der Waals surface area contributed by atoms with E-state index in [1.54, 1.807) is 0 Å². The molecule has 0 aliphatic rings. The number of hydrogen-bond acceptors (Lipinski definition) is 5. The van der Waals surface area contributed by atoms with Gasteiger partial charge in [0.05, 0.1) is 22.8 Å². The molecule has 0 saturated heterocycles. The number of aromatic nitrogens is 5. The molecule has 0 unspecified atom stereocenters. The van der Waals surface area contributed by atoms with Crippen molar-refractivity contribution in [1.82, 2.24) is 25.0 Å². The summed E-state index contributed by atoms with van der Waals surface area (Å²) in [5, 5.41) is 12.4. The standard InChI is InChI=1S/C16H17N5O/c1-10-9-11(2)21(20-10)14-5-7-15(8-6-14)22-16-17-12(3)13(4)18-19-16/h5-9H,1-4H3. The third-order valence-electron chi connectivity index (χ3n) is 3.37. The van der Waals surface area contributed by atoms with Crippen LogP contribution in [0.25, 0.3) is 5.69 Å². The molecule has 0 atom stereocenters. The van der Waals surface area contributed by atoms with Gasteiger partial charge in [-0.25, -0.2) is 4.68 Å². The first kappa shape index (κ1) is 14.2. The van der Waals surface area contributed by atoms with Gasteiger partial charge in [0, 0.05) is 5.69 Å². The highest BCUT2D eigenvalue weighted by atomic mass is 16.5. The highest BCUT2D eigenvalue weighted by Crippen LogP contribution is 2.20. The molecule has 0 bridgehead atoms. The van der Waals surface area contributed by atoms with Crippen LogP contribution in [0.15, 0.2) is 30.3 Å². The van der Waals surface area contributed by atoms with Crippen LogP contribution >= 0.6 is 0 Å². The Morgan fingerprint density at radius 1 is 0.909 bits per heavy atom. The lowest BCUT2D eigenvalue weighted by atomic mass is 10.3. The van der Waals surface area contributed by atoms with Gasteiger partial charge < -0.3 is 4.74 Å². The molecule has 0 aliphatic heterocycles. The normalized spacial score (nSPS) is 10.7. The van der Waals surface area contributed by atoms with Crippen molar-refractivity contribution in [3.05, 3.63) is 53.1 Å². The molecule has 6 heteroatoms. The van der Waals surface area contributed by atoms with Crippen LogP contribution in [0.4, 0.5) is 0 Å². The molecule has 6 nitrogen and oxygen atoms in total. The smallest absolute Gasteiger partial charge is 0.341 e. The lowest BCUT2D eigenvalue weighted by Gasteiger charge is -2.07. The van der Waals surface area contributed by atoms with E-state index >= 15 is 0 Å². The van der Waals surface area contributed by atoms with Crippen molar-refractivity contribution >= 4 is 0 Å². The van der Waals surface area contributed by atoms with E-state index in [-0.39, 0.29) is 6.01 Å². The summed E-state index contributed by atoms with van der Waals surface area (Å²) < 4.78 is 7.52. The fourth-order valence-electron chi connectivity index (χ4n) is 2.13. The van der Waals surface area contributed by atoms with Crippen LogP contribution < -0.4 is 4.74 Å². The largest absolute Gasteiger partial charge is 0.423 e. The molecule has 0 spiro atoms. The van der Waals surface area contributed by atoms with Gasteiger partial charge >= 0.3 is 6.01 Å². The Balaban J connectivity index is 1.82. The zero-order valence-electron chi connectivity index (χ0n) is 13.0. The van der Waals surface area contributed by atoms with E-state index in [4.69, 9.17) is 4.74 Å². The molecular formula is C16H17N5O. The zero-order valence-corrected chi connectivity index (χ0v) is 13.0. The number of benzene rings is 1. The van der Waals surface area contributed by atoms with Gasteiger partial charge in [0.2, 0.25) is 0 Å². The number of hydrogen-bond donors (Lipinski definition) is 0. The minimum atomic E-state index is 0.252. The molecule has 22 heavy (non-hydrogen) atoms. The maximum absolute atomic E-state index is 5.63. The second-order valence-corrected chi connectivity index (χ2v) is 5.20. The summed E-state index contributed by atoms with van der Waals surface area (Å²) in [6.45, 7) is 7.75. The van der Waals surface area contributed by atoms with Crippen molar-refractivity contribution < 1.29 is 4.74 Å². The molecule has 0 fully saturated rings. The molecule has 0 N–H and O–H groups in total. The Morgan fingerprint density at radius 2 is 1.64 bits per heavy atom. The molecule has 1 aromatic carbocycles. The molecule has 2 aromatic heterocycles. The average molecular weight is 295 g/mol. The van der Waals surface area contributed by atoms with Gasteiger partial charge in [0.15, 0.2) is 0 Å². The van der Waals surface area contributed by atoms with Crippen molar-refractivity contribution in [2.24, 2.45) is 0 Å². The van der Waals surface area contributed by atoms with E-state index in [0.29, 0.717) is 5.75 Å².